The molecule has 0 aromatic rings. The van der Waals surface area contributed by atoms with E-state index in [1.54, 1.807) is 0 Å². The van der Waals surface area contributed by atoms with Gasteiger partial charge in [-0.2, -0.15) is 0 Å². The second-order valence-corrected chi connectivity index (χ2v) is 5.67. The Morgan fingerprint density at radius 3 is 2.65 bits per heavy atom. The van der Waals surface area contributed by atoms with Crippen LogP contribution in [-0.4, -0.2) is 75.4 Å². The largest absolute Gasteiger partial charge is 0.380 e. The molecular formula is C13H27N3O. The summed E-state index contributed by atoms with van der Waals surface area (Å²) in [6, 6.07) is 1.39. The number of methoxy groups -OCH3 is 1. The Morgan fingerprint density at radius 1 is 1.35 bits per heavy atom. The Labute approximate surface area is 105 Å². The Bertz CT molecular complexity index is 229. The van der Waals surface area contributed by atoms with Gasteiger partial charge in [0.25, 0.3) is 0 Å². The number of rotatable bonds is 4. The van der Waals surface area contributed by atoms with Crippen molar-refractivity contribution in [3.8, 4) is 0 Å². The predicted octanol–water partition coefficient (Wildman–Crippen LogP) is 0.389. The van der Waals surface area contributed by atoms with E-state index in [1.807, 2.05) is 7.11 Å². The van der Waals surface area contributed by atoms with Crippen molar-refractivity contribution in [2.45, 2.75) is 37.5 Å². The zero-order chi connectivity index (χ0) is 12.3. The van der Waals surface area contributed by atoms with Gasteiger partial charge in [-0.25, -0.2) is 0 Å². The van der Waals surface area contributed by atoms with Crippen LogP contribution < -0.4 is 5.32 Å². The van der Waals surface area contributed by atoms with Crippen molar-refractivity contribution in [3.63, 3.8) is 0 Å². The highest BCUT2D eigenvalue weighted by Crippen LogP contribution is 2.17. The maximum atomic E-state index is 5.39. The highest BCUT2D eigenvalue weighted by molar-refractivity contribution is 4.86. The lowest BCUT2D eigenvalue weighted by molar-refractivity contribution is 0.110. The molecule has 0 aromatic carbocycles. The smallest absolute Gasteiger partial charge is 0.0711 e. The minimum Gasteiger partial charge on any atom is -0.380 e. The summed E-state index contributed by atoms with van der Waals surface area (Å²) in [5, 5.41) is 3.56. The van der Waals surface area contributed by atoms with Gasteiger partial charge in [0.05, 0.1) is 6.10 Å². The first-order valence-corrected chi connectivity index (χ1v) is 6.84. The van der Waals surface area contributed by atoms with Crippen molar-refractivity contribution in [2.75, 3.05) is 47.4 Å². The summed E-state index contributed by atoms with van der Waals surface area (Å²) < 4.78 is 5.39. The molecule has 2 aliphatic heterocycles. The molecule has 100 valence electrons. The monoisotopic (exact) mass is 241 g/mol. The van der Waals surface area contributed by atoms with Crippen LogP contribution in [0.15, 0.2) is 0 Å². The molecule has 0 saturated carbocycles. The normalized spacial score (nSPS) is 32.5. The fourth-order valence-corrected chi connectivity index (χ4v) is 3.03. The molecule has 2 rings (SSSR count). The van der Waals surface area contributed by atoms with Crippen LogP contribution in [0, 0.1) is 0 Å². The number of hydrogen-bond acceptors (Lipinski definition) is 4. The van der Waals surface area contributed by atoms with E-state index in [4.69, 9.17) is 4.74 Å². The van der Waals surface area contributed by atoms with Crippen LogP contribution in [0.3, 0.4) is 0 Å². The van der Waals surface area contributed by atoms with Crippen LogP contribution in [0.1, 0.15) is 19.3 Å². The van der Waals surface area contributed by atoms with Crippen molar-refractivity contribution in [3.05, 3.63) is 0 Å². The Balaban J connectivity index is 1.72. The van der Waals surface area contributed by atoms with Crippen molar-refractivity contribution >= 4 is 0 Å². The second-order valence-electron chi connectivity index (χ2n) is 5.67. The first kappa shape index (κ1) is 13.3. The summed E-state index contributed by atoms with van der Waals surface area (Å²) in [6.45, 7) is 4.66. The van der Waals surface area contributed by atoms with Gasteiger partial charge in [0.2, 0.25) is 0 Å². The van der Waals surface area contributed by atoms with Gasteiger partial charge >= 0.3 is 0 Å². The van der Waals surface area contributed by atoms with Crippen LogP contribution in [0.2, 0.25) is 0 Å². The van der Waals surface area contributed by atoms with Crippen LogP contribution >= 0.6 is 0 Å². The molecule has 2 heterocycles. The average Bonchev–Trinajstić information content (AvgIpc) is 2.77. The molecule has 2 saturated heterocycles. The van der Waals surface area contributed by atoms with Crippen LogP contribution in [0.25, 0.3) is 0 Å². The summed E-state index contributed by atoms with van der Waals surface area (Å²) in [4.78, 5) is 4.97. The molecule has 1 N–H and O–H groups in total. The molecule has 4 heteroatoms. The van der Waals surface area contributed by atoms with E-state index in [0.29, 0.717) is 12.1 Å². The average molecular weight is 241 g/mol. The van der Waals surface area contributed by atoms with Crippen molar-refractivity contribution in [1.29, 1.82) is 0 Å². The maximum Gasteiger partial charge on any atom is 0.0711 e. The lowest BCUT2D eigenvalue weighted by atomic mass is 10.0. The number of piperidine rings is 1. The van der Waals surface area contributed by atoms with E-state index in [9.17, 15) is 0 Å². The molecule has 2 aliphatic rings. The van der Waals surface area contributed by atoms with Crippen LogP contribution in [0.5, 0.6) is 0 Å². The lowest BCUT2D eigenvalue weighted by Gasteiger charge is -2.36. The highest BCUT2D eigenvalue weighted by Gasteiger charge is 2.27. The summed E-state index contributed by atoms with van der Waals surface area (Å²) in [7, 11) is 6.31. The molecule has 2 fully saturated rings. The molecule has 0 spiro atoms. The molecule has 17 heavy (non-hydrogen) atoms. The van der Waals surface area contributed by atoms with Crippen molar-refractivity contribution < 1.29 is 4.74 Å². The fraction of sp³-hybridized carbons (Fsp3) is 1.00. The fourth-order valence-electron chi connectivity index (χ4n) is 3.03. The number of likely N-dealkylation sites (tertiary alicyclic amines) is 1. The Hall–Kier alpha value is -0.160. The quantitative estimate of drug-likeness (QED) is 0.770. The summed E-state index contributed by atoms with van der Waals surface area (Å²) in [5.74, 6) is 0. The van der Waals surface area contributed by atoms with Crippen molar-refractivity contribution in [1.82, 2.24) is 15.1 Å². The van der Waals surface area contributed by atoms with Gasteiger partial charge in [-0.15, -0.1) is 0 Å². The first-order valence-electron chi connectivity index (χ1n) is 6.84. The van der Waals surface area contributed by atoms with E-state index in [2.05, 4.69) is 29.2 Å². The predicted molar refractivity (Wildman–Crippen MR) is 70.4 cm³/mol. The van der Waals surface area contributed by atoms with Gasteiger partial charge in [0.1, 0.15) is 0 Å². The minimum absolute atomic E-state index is 0.422. The van der Waals surface area contributed by atoms with Crippen molar-refractivity contribution in [2.24, 2.45) is 0 Å². The van der Waals surface area contributed by atoms with Gasteiger partial charge in [-0.05, 0) is 46.4 Å². The molecule has 0 aliphatic carbocycles. The molecule has 4 nitrogen and oxygen atoms in total. The van der Waals surface area contributed by atoms with Gasteiger partial charge in [0.15, 0.2) is 0 Å². The molecule has 2 atom stereocenters. The van der Waals surface area contributed by atoms with Crippen LogP contribution in [0.4, 0.5) is 0 Å². The third-order valence-corrected chi connectivity index (χ3v) is 4.33. The molecule has 0 amide bonds. The SMILES string of the molecule is COC1CNC(CN(C)C2CCN(C)CC2)C1. The zero-order valence-corrected chi connectivity index (χ0v) is 11.5. The lowest BCUT2D eigenvalue weighted by Crippen LogP contribution is -2.46. The van der Waals surface area contributed by atoms with Gasteiger partial charge < -0.3 is 19.9 Å². The molecular weight excluding hydrogens is 214 g/mol. The summed E-state index contributed by atoms with van der Waals surface area (Å²) in [5.41, 5.74) is 0. The molecule has 0 radical (unpaired) electrons. The number of ether oxygens (including phenoxy) is 1. The molecule has 0 aromatic heterocycles. The standard InChI is InChI=1S/C13H27N3O/c1-15-6-4-12(5-7-15)16(2)10-11-8-13(17-3)9-14-11/h11-14H,4-10H2,1-3H3. The zero-order valence-electron chi connectivity index (χ0n) is 11.5. The number of nitrogens with zero attached hydrogens (tertiary/aromatic N) is 2. The Kier molecular flexibility index (Phi) is 4.79. The third kappa shape index (κ3) is 3.65. The van der Waals surface area contributed by atoms with E-state index >= 15 is 0 Å². The van der Waals surface area contributed by atoms with Crippen LogP contribution in [-0.2, 0) is 4.74 Å². The van der Waals surface area contributed by atoms with E-state index in [0.717, 1.165) is 25.6 Å². The number of hydrogen-bond donors (Lipinski definition) is 1. The molecule has 0 bridgehead atoms. The van der Waals surface area contributed by atoms with E-state index in [1.165, 1.54) is 25.9 Å². The maximum absolute atomic E-state index is 5.39. The topological polar surface area (TPSA) is 27.7 Å². The third-order valence-electron chi connectivity index (χ3n) is 4.33. The van der Waals surface area contributed by atoms with E-state index < -0.39 is 0 Å². The number of likely N-dealkylation sites (N-methyl/N-ethyl adjacent to an activating group) is 1. The first-order chi connectivity index (χ1) is 8.19. The van der Waals surface area contributed by atoms with Gasteiger partial charge in [0, 0.05) is 32.3 Å². The van der Waals surface area contributed by atoms with E-state index in [-0.39, 0.29) is 0 Å². The molecule has 2 unspecified atom stereocenters. The summed E-state index contributed by atoms with van der Waals surface area (Å²) >= 11 is 0. The number of nitrogens with one attached hydrogen (secondary N) is 1. The van der Waals surface area contributed by atoms with Gasteiger partial charge in [-0.3, -0.25) is 0 Å². The highest BCUT2D eigenvalue weighted by atomic mass is 16.5. The second kappa shape index (κ2) is 6.14. The minimum atomic E-state index is 0.422. The Morgan fingerprint density at radius 2 is 2.06 bits per heavy atom. The summed E-state index contributed by atoms with van der Waals surface area (Å²) in [6.07, 6.45) is 4.21. The van der Waals surface area contributed by atoms with Gasteiger partial charge in [-0.1, -0.05) is 0 Å².